The van der Waals surface area contributed by atoms with Gasteiger partial charge >= 0.3 is 0 Å². The van der Waals surface area contributed by atoms with E-state index in [-0.39, 0.29) is 5.92 Å². The summed E-state index contributed by atoms with van der Waals surface area (Å²) in [6.45, 7) is 6.46. The van der Waals surface area contributed by atoms with Crippen LogP contribution >= 0.6 is 0 Å². The maximum atomic E-state index is 11.4. The summed E-state index contributed by atoms with van der Waals surface area (Å²) in [6, 6.07) is 0.769. The third-order valence-electron chi connectivity index (χ3n) is 3.99. The molecule has 3 atom stereocenters. The van der Waals surface area contributed by atoms with Crippen LogP contribution in [0.25, 0.3) is 0 Å². The Labute approximate surface area is 86.7 Å². The van der Waals surface area contributed by atoms with E-state index >= 15 is 0 Å². The zero-order valence-electron chi connectivity index (χ0n) is 9.33. The lowest BCUT2D eigenvalue weighted by Crippen LogP contribution is -2.46. The monoisotopic (exact) mass is 195 g/mol. The summed E-state index contributed by atoms with van der Waals surface area (Å²) < 4.78 is 0. The standard InChI is InChI=1S/C12H21NO/c1-9-4-3-5-11(9)13-7-6-12(14)10(2)8-13/h9-11H,3-8H2,1-2H3. The molecule has 1 aliphatic carbocycles. The topological polar surface area (TPSA) is 20.3 Å². The first-order chi connectivity index (χ1) is 6.68. The zero-order chi connectivity index (χ0) is 10.1. The van der Waals surface area contributed by atoms with Crippen LogP contribution < -0.4 is 0 Å². The molecule has 0 aromatic heterocycles. The summed E-state index contributed by atoms with van der Waals surface area (Å²) in [6.07, 6.45) is 4.89. The SMILES string of the molecule is CC1CN(C2CCCC2C)CCC1=O. The summed E-state index contributed by atoms with van der Waals surface area (Å²) in [5, 5.41) is 0. The molecule has 2 aliphatic rings. The number of hydrogen-bond acceptors (Lipinski definition) is 2. The average molecular weight is 195 g/mol. The second-order valence-corrected chi connectivity index (χ2v) is 5.09. The van der Waals surface area contributed by atoms with Crippen LogP contribution in [0.15, 0.2) is 0 Å². The Morgan fingerprint density at radius 2 is 2.07 bits per heavy atom. The number of carbonyl (C=O) groups is 1. The minimum absolute atomic E-state index is 0.275. The maximum absolute atomic E-state index is 11.4. The van der Waals surface area contributed by atoms with Gasteiger partial charge in [0.25, 0.3) is 0 Å². The van der Waals surface area contributed by atoms with E-state index in [1.807, 2.05) is 0 Å². The molecule has 2 fully saturated rings. The van der Waals surface area contributed by atoms with Gasteiger partial charge in [0.1, 0.15) is 5.78 Å². The molecule has 0 N–H and O–H groups in total. The average Bonchev–Trinajstić information content (AvgIpc) is 2.57. The van der Waals surface area contributed by atoms with E-state index in [0.29, 0.717) is 5.78 Å². The Hall–Kier alpha value is -0.370. The molecule has 1 aliphatic heterocycles. The highest BCUT2D eigenvalue weighted by atomic mass is 16.1. The van der Waals surface area contributed by atoms with Gasteiger partial charge in [0.05, 0.1) is 0 Å². The van der Waals surface area contributed by atoms with Crippen molar-refractivity contribution in [2.75, 3.05) is 13.1 Å². The predicted octanol–water partition coefficient (Wildman–Crippen LogP) is 2.09. The van der Waals surface area contributed by atoms with Crippen molar-refractivity contribution in [3.05, 3.63) is 0 Å². The van der Waals surface area contributed by atoms with Gasteiger partial charge in [0.2, 0.25) is 0 Å². The third kappa shape index (κ3) is 1.85. The molecule has 14 heavy (non-hydrogen) atoms. The van der Waals surface area contributed by atoms with Crippen LogP contribution in [-0.2, 0) is 4.79 Å². The maximum Gasteiger partial charge on any atom is 0.138 e. The largest absolute Gasteiger partial charge is 0.299 e. The summed E-state index contributed by atoms with van der Waals surface area (Å²) in [7, 11) is 0. The van der Waals surface area contributed by atoms with Crippen molar-refractivity contribution in [2.24, 2.45) is 11.8 Å². The highest BCUT2D eigenvalue weighted by Crippen LogP contribution is 2.31. The second-order valence-electron chi connectivity index (χ2n) is 5.09. The van der Waals surface area contributed by atoms with Crippen molar-refractivity contribution in [1.82, 2.24) is 4.90 Å². The summed E-state index contributed by atoms with van der Waals surface area (Å²) in [5.41, 5.74) is 0. The molecule has 0 aromatic carbocycles. The number of piperidine rings is 1. The minimum Gasteiger partial charge on any atom is -0.299 e. The lowest BCUT2D eigenvalue weighted by Gasteiger charge is -2.36. The summed E-state index contributed by atoms with van der Waals surface area (Å²) in [5.74, 6) is 1.58. The highest BCUT2D eigenvalue weighted by Gasteiger charge is 2.33. The van der Waals surface area contributed by atoms with Crippen molar-refractivity contribution in [3.63, 3.8) is 0 Å². The number of carbonyl (C=O) groups excluding carboxylic acids is 1. The lowest BCUT2D eigenvalue weighted by atomic mass is 9.94. The number of ketones is 1. The molecule has 0 radical (unpaired) electrons. The normalized spacial score (nSPS) is 40.4. The number of rotatable bonds is 1. The molecular formula is C12H21NO. The van der Waals surface area contributed by atoms with Crippen LogP contribution in [0.5, 0.6) is 0 Å². The Balaban J connectivity index is 1.95. The first-order valence-corrected chi connectivity index (χ1v) is 5.95. The molecular weight excluding hydrogens is 174 g/mol. The fourth-order valence-corrected chi connectivity index (χ4v) is 3.01. The van der Waals surface area contributed by atoms with E-state index in [2.05, 4.69) is 18.7 Å². The molecule has 2 nitrogen and oxygen atoms in total. The molecule has 1 saturated heterocycles. The van der Waals surface area contributed by atoms with Crippen LogP contribution in [0.4, 0.5) is 0 Å². The minimum atomic E-state index is 0.275. The Bertz CT molecular complexity index is 226. The number of nitrogens with zero attached hydrogens (tertiary/aromatic N) is 1. The van der Waals surface area contributed by atoms with Crippen molar-refractivity contribution in [2.45, 2.75) is 45.6 Å². The molecule has 0 amide bonds. The fraction of sp³-hybridized carbons (Fsp3) is 0.917. The van der Waals surface area contributed by atoms with E-state index in [9.17, 15) is 4.79 Å². The van der Waals surface area contributed by atoms with Crippen molar-refractivity contribution < 1.29 is 4.79 Å². The Kier molecular flexibility index (Phi) is 2.91. The first kappa shape index (κ1) is 10.2. The van der Waals surface area contributed by atoms with E-state index in [1.165, 1.54) is 19.3 Å². The molecule has 1 saturated carbocycles. The summed E-state index contributed by atoms with van der Waals surface area (Å²) >= 11 is 0. The molecule has 0 bridgehead atoms. The summed E-state index contributed by atoms with van der Waals surface area (Å²) in [4.78, 5) is 14.0. The van der Waals surface area contributed by atoms with Gasteiger partial charge in [0.15, 0.2) is 0 Å². The zero-order valence-corrected chi connectivity index (χ0v) is 9.33. The van der Waals surface area contributed by atoms with Gasteiger partial charge in [0, 0.05) is 31.5 Å². The van der Waals surface area contributed by atoms with E-state index in [1.54, 1.807) is 0 Å². The predicted molar refractivity (Wildman–Crippen MR) is 57.2 cm³/mol. The van der Waals surface area contributed by atoms with Crippen LogP contribution in [-0.4, -0.2) is 29.8 Å². The Morgan fingerprint density at radius 3 is 2.64 bits per heavy atom. The number of hydrogen-bond donors (Lipinski definition) is 0. The van der Waals surface area contributed by atoms with Gasteiger partial charge in [-0.1, -0.05) is 20.3 Å². The molecule has 2 rings (SSSR count). The molecule has 0 spiro atoms. The number of Topliss-reactive ketones (excluding diaryl/α,β-unsaturated/α-hetero) is 1. The van der Waals surface area contributed by atoms with Gasteiger partial charge in [-0.3, -0.25) is 9.69 Å². The lowest BCUT2D eigenvalue weighted by molar-refractivity contribution is -0.126. The van der Waals surface area contributed by atoms with Crippen molar-refractivity contribution >= 4 is 5.78 Å². The fourth-order valence-electron chi connectivity index (χ4n) is 3.01. The molecule has 2 heteroatoms. The van der Waals surface area contributed by atoms with Gasteiger partial charge < -0.3 is 0 Å². The molecule has 80 valence electrons. The van der Waals surface area contributed by atoms with Gasteiger partial charge in [-0.25, -0.2) is 0 Å². The van der Waals surface area contributed by atoms with E-state index in [4.69, 9.17) is 0 Å². The van der Waals surface area contributed by atoms with Crippen LogP contribution in [0, 0.1) is 11.8 Å². The third-order valence-corrected chi connectivity index (χ3v) is 3.99. The van der Waals surface area contributed by atoms with Crippen LogP contribution in [0.1, 0.15) is 39.5 Å². The number of likely N-dealkylation sites (tertiary alicyclic amines) is 1. The molecule has 0 aromatic rings. The smallest absolute Gasteiger partial charge is 0.138 e. The quantitative estimate of drug-likeness (QED) is 0.638. The van der Waals surface area contributed by atoms with E-state index in [0.717, 1.165) is 31.5 Å². The van der Waals surface area contributed by atoms with Gasteiger partial charge in [-0.05, 0) is 18.8 Å². The van der Waals surface area contributed by atoms with Gasteiger partial charge in [-0.2, -0.15) is 0 Å². The second kappa shape index (κ2) is 4.01. The van der Waals surface area contributed by atoms with Crippen molar-refractivity contribution in [3.8, 4) is 0 Å². The van der Waals surface area contributed by atoms with Crippen LogP contribution in [0.3, 0.4) is 0 Å². The molecule has 3 unspecified atom stereocenters. The van der Waals surface area contributed by atoms with E-state index < -0.39 is 0 Å². The van der Waals surface area contributed by atoms with Crippen LogP contribution in [0.2, 0.25) is 0 Å². The van der Waals surface area contributed by atoms with Gasteiger partial charge in [-0.15, -0.1) is 0 Å². The van der Waals surface area contributed by atoms with Crippen molar-refractivity contribution in [1.29, 1.82) is 0 Å². The first-order valence-electron chi connectivity index (χ1n) is 5.95. The highest BCUT2D eigenvalue weighted by molar-refractivity contribution is 5.81. The molecule has 1 heterocycles. The Morgan fingerprint density at radius 1 is 1.29 bits per heavy atom.